The van der Waals surface area contributed by atoms with Crippen molar-refractivity contribution in [3.05, 3.63) is 76.2 Å². The summed E-state index contributed by atoms with van der Waals surface area (Å²) in [5, 5.41) is 18.6. The van der Waals surface area contributed by atoms with Crippen LogP contribution in [0.25, 0.3) is 17.2 Å². The number of tetrazole rings is 1. The number of imidazole rings is 1. The van der Waals surface area contributed by atoms with Gasteiger partial charge in [-0.3, -0.25) is 14.1 Å². The molecule has 4 heterocycles. The summed E-state index contributed by atoms with van der Waals surface area (Å²) in [5.41, 5.74) is 2.19. The molecule has 12 heteroatoms. The molecule has 1 atom stereocenters. The van der Waals surface area contributed by atoms with Gasteiger partial charge in [-0.15, -0.1) is 5.10 Å². The van der Waals surface area contributed by atoms with Crippen molar-refractivity contribution >= 4 is 12.2 Å². The quantitative estimate of drug-likeness (QED) is 0.312. The zero-order chi connectivity index (χ0) is 27.4. The number of esters is 1. The molecule has 0 aliphatic carbocycles. The maximum atomic E-state index is 14.1. The highest BCUT2D eigenvalue weighted by atomic mass is 16.5. The first kappa shape index (κ1) is 26.0. The molecule has 0 radical (unpaired) electrons. The SMILES string of the molecule is CCCCc1cn(-c2c(C(=O)OC)cnn2CC)c(=O)n1CC1(c2cccc(-c3nnn[nH]3)c2)C=CN=CC1. The molecule has 0 amide bonds. The van der Waals surface area contributed by atoms with Gasteiger partial charge in [-0.2, -0.15) is 5.10 Å². The molecule has 202 valence electrons. The first-order chi connectivity index (χ1) is 19.0. The van der Waals surface area contributed by atoms with E-state index in [1.807, 2.05) is 54.2 Å². The number of methoxy groups -OCH3 is 1. The number of ether oxygens (including phenoxy) is 1. The van der Waals surface area contributed by atoms with Crippen LogP contribution < -0.4 is 5.69 Å². The first-order valence-electron chi connectivity index (χ1n) is 13.0. The number of allylic oxidation sites excluding steroid dienone is 1. The van der Waals surface area contributed by atoms with E-state index in [-0.39, 0.29) is 11.3 Å². The minimum Gasteiger partial charge on any atom is -0.465 e. The lowest BCUT2D eigenvalue weighted by Gasteiger charge is -2.32. The smallest absolute Gasteiger partial charge is 0.343 e. The highest BCUT2D eigenvalue weighted by molar-refractivity contribution is 5.92. The molecule has 3 aromatic heterocycles. The van der Waals surface area contributed by atoms with Crippen LogP contribution in [0.15, 0.2) is 58.7 Å². The summed E-state index contributed by atoms with van der Waals surface area (Å²) >= 11 is 0. The molecule has 0 fully saturated rings. The number of carbonyl (C=O) groups excluding carboxylic acids is 1. The molecule has 0 saturated heterocycles. The van der Waals surface area contributed by atoms with Crippen molar-refractivity contribution in [3.63, 3.8) is 0 Å². The van der Waals surface area contributed by atoms with E-state index in [9.17, 15) is 9.59 Å². The average Bonchev–Trinajstić information content (AvgIpc) is 3.72. The van der Waals surface area contributed by atoms with Crippen molar-refractivity contribution in [3.8, 4) is 17.2 Å². The highest BCUT2D eigenvalue weighted by Gasteiger charge is 2.34. The third-order valence-corrected chi connectivity index (χ3v) is 7.13. The van der Waals surface area contributed by atoms with Crippen LogP contribution in [0.3, 0.4) is 0 Å². The second-order valence-corrected chi connectivity index (χ2v) is 9.49. The first-order valence-corrected chi connectivity index (χ1v) is 13.0. The van der Waals surface area contributed by atoms with Gasteiger partial charge in [-0.25, -0.2) is 19.4 Å². The summed E-state index contributed by atoms with van der Waals surface area (Å²) in [6, 6.07) is 7.99. The predicted octanol–water partition coefficient (Wildman–Crippen LogP) is 3.09. The Labute approximate surface area is 225 Å². The Balaban J connectivity index is 1.64. The summed E-state index contributed by atoms with van der Waals surface area (Å²) in [6.45, 7) is 4.90. The van der Waals surface area contributed by atoms with Gasteiger partial charge >= 0.3 is 11.7 Å². The fourth-order valence-electron chi connectivity index (χ4n) is 5.02. The summed E-state index contributed by atoms with van der Waals surface area (Å²) in [7, 11) is 1.32. The van der Waals surface area contributed by atoms with E-state index in [0.29, 0.717) is 37.6 Å². The van der Waals surface area contributed by atoms with Gasteiger partial charge in [0.25, 0.3) is 0 Å². The van der Waals surface area contributed by atoms with E-state index < -0.39 is 11.4 Å². The third-order valence-electron chi connectivity index (χ3n) is 7.13. The number of benzene rings is 1. The number of aliphatic imine (C=N–C) groups is 1. The Bertz CT molecular complexity index is 1580. The van der Waals surface area contributed by atoms with Crippen molar-refractivity contribution in [1.29, 1.82) is 0 Å². The van der Waals surface area contributed by atoms with Crippen LogP contribution in [0.2, 0.25) is 0 Å². The Morgan fingerprint density at radius 3 is 2.82 bits per heavy atom. The van der Waals surface area contributed by atoms with Crippen LogP contribution in [-0.4, -0.2) is 58.8 Å². The Kier molecular flexibility index (Phi) is 7.35. The molecular weight excluding hydrogens is 498 g/mol. The van der Waals surface area contributed by atoms with Crippen LogP contribution in [0, 0.1) is 0 Å². The molecule has 5 rings (SSSR count). The van der Waals surface area contributed by atoms with Gasteiger partial charge < -0.3 is 4.74 Å². The number of nitrogens with one attached hydrogen (secondary N) is 1. The zero-order valence-corrected chi connectivity index (χ0v) is 22.2. The van der Waals surface area contributed by atoms with Gasteiger partial charge in [0, 0.05) is 48.4 Å². The summed E-state index contributed by atoms with van der Waals surface area (Å²) in [6.07, 6.45) is 12.2. The van der Waals surface area contributed by atoms with E-state index in [0.717, 1.165) is 29.7 Å². The van der Waals surface area contributed by atoms with Crippen LogP contribution in [0.4, 0.5) is 0 Å². The second kappa shape index (κ2) is 11.0. The van der Waals surface area contributed by atoms with Crippen molar-refractivity contribution in [2.24, 2.45) is 4.99 Å². The number of aromatic nitrogens is 8. The highest BCUT2D eigenvalue weighted by Crippen LogP contribution is 2.35. The molecule has 1 aliphatic heterocycles. The van der Waals surface area contributed by atoms with Gasteiger partial charge in [0.2, 0.25) is 0 Å². The Morgan fingerprint density at radius 2 is 2.13 bits per heavy atom. The van der Waals surface area contributed by atoms with Crippen molar-refractivity contribution in [2.45, 2.75) is 58.0 Å². The lowest BCUT2D eigenvalue weighted by atomic mass is 9.76. The number of aromatic amines is 1. The van der Waals surface area contributed by atoms with Gasteiger partial charge in [0.05, 0.1) is 13.3 Å². The van der Waals surface area contributed by atoms with Crippen molar-refractivity contribution < 1.29 is 9.53 Å². The van der Waals surface area contributed by atoms with E-state index >= 15 is 0 Å². The largest absolute Gasteiger partial charge is 0.465 e. The topological polar surface area (TPSA) is 138 Å². The molecule has 1 unspecified atom stereocenters. The van der Waals surface area contributed by atoms with Crippen LogP contribution >= 0.6 is 0 Å². The molecule has 0 bridgehead atoms. The summed E-state index contributed by atoms with van der Waals surface area (Å²) in [5.74, 6) is 0.428. The summed E-state index contributed by atoms with van der Waals surface area (Å²) in [4.78, 5) is 31.0. The van der Waals surface area contributed by atoms with Crippen molar-refractivity contribution in [2.75, 3.05) is 7.11 Å². The number of H-pyrrole nitrogens is 1. The fourth-order valence-corrected chi connectivity index (χ4v) is 5.02. The molecule has 0 saturated carbocycles. The number of hydrogen-bond acceptors (Lipinski definition) is 8. The fraction of sp³-hybridized carbons (Fsp3) is 0.370. The predicted molar refractivity (Wildman–Crippen MR) is 145 cm³/mol. The minimum absolute atomic E-state index is 0.243. The number of nitrogens with zero attached hydrogens (tertiary/aromatic N) is 8. The van der Waals surface area contributed by atoms with Crippen molar-refractivity contribution in [1.82, 2.24) is 39.5 Å². The standard InChI is InChI=1S/C27H31N9O3/c1-4-6-10-21-17-34(24-22(25(37)39-3)16-29-36(24)5-2)26(38)35(21)18-27(11-13-28-14-12-27)20-9-7-8-19(15-20)23-30-32-33-31-23/h7-9,11,13-17H,4-6,10,12,18H2,1-3H3,(H,30,31,32,33). The average molecular weight is 530 g/mol. The van der Waals surface area contributed by atoms with Crippen LogP contribution in [-0.2, 0) is 29.7 Å². The van der Waals surface area contributed by atoms with Gasteiger partial charge in [0.1, 0.15) is 5.56 Å². The number of unbranched alkanes of at least 4 members (excludes halogenated alkanes) is 1. The van der Waals surface area contributed by atoms with E-state index in [1.54, 1.807) is 10.9 Å². The Morgan fingerprint density at radius 1 is 1.26 bits per heavy atom. The molecule has 1 aromatic carbocycles. The maximum absolute atomic E-state index is 14.1. The number of rotatable bonds is 10. The third kappa shape index (κ3) is 4.85. The zero-order valence-electron chi connectivity index (χ0n) is 22.2. The van der Waals surface area contributed by atoms with E-state index in [4.69, 9.17) is 4.74 Å². The minimum atomic E-state index is -0.543. The normalized spacial score (nSPS) is 16.6. The lowest BCUT2D eigenvalue weighted by Crippen LogP contribution is -2.37. The number of hydrogen-bond donors (Lipinski definition) is 1. The van der Waals surface area contributed by atoms with Gasteiger partial charge in [0.15, 0.2) is 11.6 Å². The molecule has 1 aliphatic rings. The maximum Gasteiger partial charge on any atom is 0.343 e. The molecule has 12 nitrogen and oxygen atoms in total. The van der Waals surface area contributed by atoms with Crippen LogP contribution in [0.5, 0.6) is 0 Å². The van der Waals surface area contributed by atoms with Gasteiger partial charge in [-0.1, -0.05) is 37.6 Å². The summed E-state index contributed by atoms with van der Waals surface area (Å²) < 4.78 is 9.96. The Hall–Kier alpha value is -4.61. The monoisotopic (exact) mass is 529 g/mol. The molecule has 4 aromatic rings. The van der Waals surface area contributed by atoms with Gasteiger partial charge in [-0.05, 0) is 48.2 Å². The van der Waals surface area contributed by atoms with Crippen LogP contribution in [0.1, 0.15) is 54.7 Å². The number of aryl methyl sites for hydroxylation is 2. The molecule has 39 heavy (non-hydrogen) atoms. The number of carbonyl (C=O) groups is 1. The molecular formula is C27H31N9O3. The van der Waals surface area contributed by atoms with E-state index in [2.05, 4.69) is 37.6 Å². The second-order valence-electron chi connectivity index (χ2n) is 9.49. The van der Waals surface area contributed by atoms with E-state index in [1.165, 1.54) is 17.9 Å². The molecule has 1 N–H and O–H groups in total. The molecule has 0 spiro atoms. The lowest BCUT2D eigenvalue weighted by molar-refractivity contribution is 0.0600.